The molecular formula is C97H133N19O19. The first kappa shape index (κ1) is 102. The van der Waals surface area contributed by atoms with Crippen LogP contribution in [-0.2, 0) is 86.3 Å². The molecule has 4 aliphatic heterocycles. The maximum atomic E-state index is 14.9. The number of ether oxygens (including phenoxy) is 8. The summed E-state index contributed by atoms with van der Waals surface area (Å²) in [6.45, 7) is 19.0. The van der Waals surface area contributed by atoms with Crippen LogP contribution in [0.4, 0.5) is 17.8 Å². The quantitative estimate of drug-likeness (QED) is 0.00876. The molecule has 1 aliphatic carbocycles. The van der Waals surface area contributed by atoms with E-state index in [1.54, 1.807) is 75.9 Å². The van der Waals surface area contributed by atoms with Crippen molar-refractivity contribution in [1.29, 1.82) is 0 Å². The van der Waals surface area contributed by atoms with E-state index in [2.05, 4.69) is 56.8 Å². The number of nitrogen functional groups attached to an aromatic ring is 2. The number of allylic oxidation sites excluding steroid dienone is 6. The van der Waals surface area contributed by atoms with Gasteiger partial charge in [0.15, 0.2) is 17.0 Å². The third-order valence-corrected chi connectivity index (χ3v) is 26.7. The Kier molecular flexibility index (Phi) is 36.7. The largest absolute Gasteiger partial charge is 0.460 e. The van der Waals surface area contributed by atoms with Gasteiger partial charge in [0, 0.05) is 132 Å². The van der Waals surface area contributed by atoms with Crippen LogP contribution in [0, 0.1) is 35.5 Å². The topological polar surface area (TPSA) is 488 Å². The van der Waals surface area contributed by atoms with E-state index in [0.29, 0.717) is 189 Å². The highest BCUT2D eigenvalue weighted by Crippen LogP contribution is 2.43. The number of Topliss-reactive ketones (excluding diaryl/α,β-unsaturated/α-hetero) is 3. The highest BCUT2D eigenvalue weighted by atomic mass is 16.6. The Labute approximate surface area is 786 Å². The number of rotatable bonds is 33. The molecule has 16 atom stereocenters. The Morgan fingerprint density at radius 2 is 1.52 bits per heavy atom. The minimum Gasteiger partial charge on any atom is -0.460 e. The SMILES string of the molecule is CO[C@H]1C[C@@H]2CC[C@@H](C)[C@@](O)(O2)C(=O)C(=O)N2CCCC[C@H]2C(=O)O[C@H]([C@H](C)C[C@@H]2CC[C@H](n3nncc3-c3cccc(-c4cnc(N5CCN(Cc6cn(CCOCCOCCOCCOCCC(=O)NCCCCn7nc(-c8ccc9oc(N)nc9c8)c8c(N)ncnc87)nn6)C(CO)C5)nc4)c3)[C@H](OC)C2)CC(=O)[C@H](C)/C=C(\C)[C@@H](O)[C@@H](O)C(=O)[C@H](C)C[C@H](C)/C=C/C=CC=C1C. The fraction of sp³-hybridized carbons (Fsp3) is 0.588. The molecule has 5 aliphatic rings. The average Bonchev–Trinajstić information content (AvgIpc) is 1.76. The van der Waals surface area contributed by atoms with Crippen molar-refractivity contribution < 1.29 is 91.5 Å². The van der Waals surface area contributed by atoms with Gasteiger partial charge in [-0.3, -0.25) is 28.9 Å². The van der Waals surface area contributed by atoms with Crippen LogP contribution in [0.3, 0.4) is 0 Å². The van der Waals surface area contributed by atoms with Gasteiger partial charge in [0.25, 0.3) is 17.7 Å². The number of aliphatic hydroxyl groups is 4. The minimum absolute atomic E-state index is 0.00899. The van der Waals surface area contributed by atoms with E-state index in [1.807, 2.05) is 92.4 Å². The Hall–Kier alpha value is -10.9. The summed E-state index contributed by atoms with van der Waals surface area (Å²) in [5, 5.41) is 71.9. The van der Waals surface area contributed by atoms with Gasteiger partial charge >= 0.3 is 5.97 Å². The number of nitrogens with two attached hydrogens (primary N) is 2. The maximum Gasteiger partial charge on any atom is 0.329 e. The number of nitrogens with one attached hydrogen (secondary N) is 1. The van der Waals surface area contributed by atoms with E-state index in [0.717, 1.165) is 52.1 Å². The molecule has 0 spiro atoms. The number of piperidine rings is 1. The number of aryl methyl sites for hydroxylation is 1. The molecule has 8 aromatic rings. The number of unbranched alkanes of at least 4 members (excludes halogenated alkanes) is 1. The van der Waals surface area contributed by atoms with Gasteiger partial charge in [-0.15, -0.1) is 10.2 Å². The number of methoxy groups -OCH3 is 2. The Morgan fingerprint density at radius 1 is 0.756 bits per heavy atom. The average molecular weight is 1870 g/mol. The second-order valence-electron chi connectivity index (χ2n) is 36.5. The van der Waals surface area contributed by atoms with E-state index in [9.17, 15) is 49.2 Å². The van der Waals surface area contributed by atoms with Gasteiger partial charge in [0.2, 0.25) is 17.6 Å². The van der Waals surface area contributed by atoms with Crippen LogP contribution >= 0.6 is 0 Å². The number of cyclic esters (lactones) is 1. The predicted octanol–water partition coefficient (Wildman–Crippen LogP) is 8.56. The lowest BCUT2D eigenvalue weighted by molar-refractivity contribution is -0.265. The summed E-state index contributed by atoms with van der Waals surface area (Å²) < 4.78 is 58.6. The van der Waals surface area contributed by atoms with Crippen molar-refractivity contribution in [1.82, 2.24) is 79.8 Å². The molecule has 2 amide bonds. The molecule has 2 aromatic carbocycles. The molecule has 1 saturated carbocycles. The van der Waals surface area contributed by atoms with Crippen molar-refractivity contribution >= 4 is 75.0 Å². The number of aliphatic hydroxyl groups excluding tert-OH is 3. The molecule has 0 radical (unpaired) electrons. The highest BCUT2D eigenvalue weighted by Gasteiger charge is 2.53. The summed E-state index contributed by atoms with van der Waals surface area (Å²) >= 11 is 0. The van der Waals surface area contributed by atoms with E-state index in [-0.39, 0.29) is 98.7 Å². The number of amides is 2. The van der Waals surface area contributed by atoms with E-state index < -0.39 is 89.5 Å². The molecule has 2 bridgehead atoms. The number of ketones is 3. The van der Waals surface area contributed by atoms with Crippen LogP contribution in [-0.4, -0.2) is 291 Å². The first-order valence-corrected chi connectivity index (χ1v) is 47.4. The van der Waals surface area contributed by atoms with Crippen molar-refractivity contribution in [3.05, 3.63) is 127 Å². The molecule has 1 unspecified atom stereocenters. The summed E-state index contributed by atoms with van der Waals surface area (Å²) in [5.41, 5.74) is 20.4. The lowest BCUT2D eigenvalue weighted by Gasteiger charge is -2.42. The number of benzene rings is 2. The van der Waals surface area contributed by atoms with Gasteiger partial charge in [0.1, 0.15) is 53.5 Å². The number of fused-ring (bicyclic) bond motifs is 5. The Bertz CT molecular complexity index is 5400. The van der Waals surface area contributed by atoms with Gasteiger partial charge < -0.3 is 89.3 Å². The van der Waals surface area contributed by atoms with Crippen LogP contribution in [0.15, 0.2) is 126 Å². The molecule has 10 heterocycles. The minimum atomic E-state index is -2.49. The van der Waals surface area contributed by atoms with Gasteiger partial charge in [-0.2, -0.15) is 10.1 Å². The van der Waals surface area contributed by atoms with Crippen molar-refractivity contribution in [2.24, 2.45) is 35.5 Å². The molecular weight excluding hydrogens is 1740 g/mol. The summed E-state index contributed by atoms with van der Waals surface area (Å²) in [6, 6.07) is 11.9. The first-order valence-electron chi connectivity index (χ1n) is 47.4. The molecule has 4 fully saturated rings. The monoisotopic (exact) mass is 1870 g/mol. The van der Waals surface area contributed by atoms with Gasteiger partial charge in [0.05, 0.1) is 119 Å². The second kappa shape index (κ2) is 48.7. The van der Waals surface area contributed by atoms with Crippen molar-refractivity contribution in [2.45, 2.75) is 225 Å². The van der Waals surface area contributed by atoms with Gasteiger partial charge in [-0.1, -0.05) is 99.7 Å². The number of esters is 1. The zero-order valence-corrected chi connectivity index (χ0v) is 78.9. The molecule has 38 nitrogen and oxygen atoms in total. The maximum absolute atomic E-state index is 14.9. The van der Waals surface area contributed by atoms with Crippen LogP contribution in [0.5, 0.6) is 0 Å². The zero-order valence-electron chi connectivity index (χ0n) is 78.9. The summed E-state index contributed by atoms with van der Waals surface area (Å²) in [7, 11) is 3.23. The van der Waals surface area contributed by atoms with Crippen LogP contribution in [0.1, 0.15) is 157 Å². The fourth-order valence-electron chi connectivity index (χ4n) is 18.8. The third kappa shape index (κ3) is 26.5. The molecule has 13 rings (SSSR count). The smallest absolute Gasteiger partial charge is 0.329 e. The van der Waals surface area contributed by atoms with Crippen LogP contribution < -0.4 is 21.7 Å². The number of oxazole rings is 1. The number of aromatic nitrogens is 13. The Balaban J connectivity index is 0.537. The number of carbonyl (C=O) groups excluding carboxylic acids is 6. The number of hydrogen-bond donors (Lipinski definition) is 7. The number of anilines is 3. The van der Waals surface area contributed by atoms with Gasteiger partial charge in [-0.05, 0) is 150 Å². The van der Waals surface area contributed by atoms with E-state index in [1.165, 1.54) is 17.3 Å². The molecule has 9 N–H and O–H groups in total. The summed E-state index contributed by atoms with van der Waals surface area (Å²) in [6.07, 6.45) is 20.2. The second-order valence-corrected chi connectivity index (χ2v) is 36.5. The molecule has 3 saturated heterocycles. The van der Waals surface area contributed by atoms with E-state index >= 15 is 0 Å². The highest BCUT2D eigenvalue weighted by molar-refractivity contribution is 6.39. The summed E-state index contributed by atoms with van der Waals surface area (Å²) in [4.78, 5) is 113. The van der Waals surface area contributed by atoms with Crippen LogP contribution in [0.25, 0.3) is 55.8 Å². The number of nitrogens with zero attached hydrogens (tertiary/aromatic N) is 16. The van der Waals surface area contributed by atoms with Gasteiger partial charge in [-0.25, -0.2) is 38.8 Å². The fourth-order valence-corrected chi connectivity index (χ4v) is 18.8. The van der Waals surface area contributed by atoms with Crippen molar-refractivity contribution in [2.75, 3.05) is 123 Å². The lowest BCUT2D eigenvalue weighted by Crippen LogP contribution is -2.61. The van der Waals surface area contributed by atoms with E-state index in [4.69, 9.17) is 68.8 Å². The Morgan fingerprint density at radius 3 is 2.28 bits per heavy atom. The lowest BCUT2D eigenvalue weighted by atomic mass is 9.77. The normalized spacial score (nSPS) is 26.4. The molecule has 6 aromatic heterocycles. The number of hydrogen-bond acceptors (Lipinski definition) is 33. The zero-order chi connectivity index (χ0) is 95.8. The van der Waals surface area contributed by atoms with Crippen molar-refractivity contribution in [3.63, 3.8) is 0 Å². The third-order valence-electron chi connectivity index (χ3n) is 26.7. The standard InChI is InChI=1S/C97H133N19O19/c1-60-18-11-10-12-19-61(2)81(127-8)50-74-26-23-66(7)97(126,135-74)90(123)93(124)114-31-15-13-22-77(114)94(125)133-82(51-79(118)62(3)45-65(6)88(121)89(122)87(120)64(5)44-60)63(4)46-67-24-27-76(83(47-67)128-9)116-78(54-105-109-116)69-21-17-20-68(48-69)71-52-101-96(102-53-71)112-34-33-111(73(57-112)58-117)55-72-56-113(110-107-72)35-37-130-39-41-132-43-42-131-40-38-129-36-29-84(119)100-30-14-16-32-115-92-85(91(98)103-59-104-92)86(108-115)70-25-28-80-75(49-70)106-95(99)134-80/h10-12,17-21,25,28,45,48-49,52-54,56,59-60,62-64,66-67,73-74,76-77,81-83,88-89,117,121-122,126H,13-16,22-24,26-27,29-44,46-47,50-51,55,57-58H2,1-9H3,(H2,99,106)(H,100,119)(H2,98,103,104)/b12-10?,18-11+,61-19?,65-45+/t60-,62-,63-,64-,66-,67+,73?,74+,76+,77+,81+,82+,83-,88-,89+,97-/m1/s1. The van der Waals surface area contributed by atoms with Crippen LogP contribution in [0.2, 0.25) is 0 Å². The van der Waals surface area contributed by atoms with Crippen molar-refractivity contribution in [3.8, 4) is 33.6 Å². The number of carbonyl (C=O) groups is 6. The number of piperazine rings is 1. The predicted molar refractivity (Wildman–Crippen MR) is 501 cm³/mol. The molecule has 38 heteroatoms. The molecule has 135 heavy (non-hydrogen) atoms. The molecule has 730 valence electrons. The summed E-state index contributed by atoms with van der Waals surface area (Å²) in [5.74, 6) is -8.40. The first-order chi connectivity index (χ1) is 65.2.